The monoisotopic (exact) mass is 208 g/mol. The summed E-state index contributed by atoms with van der Waals surface area (Å²) in [6.45, 7) is 8.67. The molecule has 0 saturated carbocycles. The summed E-state index contributed by atoms with van der Waals surface area (Å²) in [5, 5.41) is 0. The Balaban J connectivity index is 3.61. The van der Waals surface area contributed by atoms with Crippen LogP contribution in [0.25, 0.3) is 0 Å². The van der Waals surface area contributed by atoms with Crippen LogP contribution in [0.2, 0.25) is 0 Å². The quantitative estimate of drug-likeness (QED) is 0.475. The van der Waals surface area contributed by atoms with E-state index >= 15 is 0 Å². The van der Waals surface area contributed by atoms with Crippen LogP contribution in [0.5, 0.6) is 0 Å². The lowest BCUT2D eigenvalue weighted by molar-refractivity contribution is 0.189. The van der Waals surface area contributed by atoms with Gasteiger partial charge in [0.1, 0.15) is 0 Å². The van der Waals surface area contributed by atoms with Gasteiger partial charge >= 0.3 is 7.60 Å². The van der Waals surface area contributed by atoms with Crippen LogP contribution in [-0.2, 0) is 13.6 Å². The van der Waals surface area contributed by atoms with Crippen molar-refractivity contribution in [3.05, 3.63) is 0 Å². The van der Waals surface area contributed by atoms with Crippen molar-refractivity contribution in [2.45, 2.75) is 33.6 Å². The Morgan fingerprint density at radius 2 is 1.92 bits per heavy atom. The first-order valence-electron chi connectivity index (χ1n) is 4.84. The van der Waals surface area contributed by atoms with E-state index in [0.29, 0.717) is 19.1 Å². The first-order valence-corrected chi connectivity index (χ1v) is 6.83. The zero-order chi connectivity index (χ0) is 10.3. The van der Waals surface area contributed by atoms with Gasteiger partial charge in [-0.2, -0.15) is 0 Å². The third-order valence-corrected chi connectivity index (χ3v) is 2.74. The normalized spacial score (nSPS) is 16.1. The molecule has 0 amide bonds. The molecule has 0 heterocycles. The van der Waals surface area contributed by atoms with Crippen molar-refractivity contribution < 1.29 is 13.6 Å². The van der Waals surface area contributed by atoms with Crippen molar-refractivity contribution in [3.8, 4) is 0 Å². The molecule has 1 atom stereocenters. The second kappa shape index (κ2) is 6.58. The van der Waals surface area contributed by atoms with E-state index in [1.807, 2.05) is 13.8 Å². The van der Waals surface area contributed by atoms with E-state index in [0.717, 1.165) is 12.8 Å². The SMILES string of the molecule is CCCCOP(C)(=O)OCC(C)C. The highest BCUT2D eigenvalue weighted by Gasteiger charge is 2.16. The predicted molar refractivity (Wildman–Crippen MR) is 55.2 cm³/mol. The van der Waals surface area contributed by atoms with Crippen LogP contribution in [0.4, 0.5) is 0 Å². The van der Waals surface area contributed by atoms with Gasteiger partial charge in [0.05, 0.1) is 13.2 Å². The van der Waals surface area contributed by atoms with Gasteiger partial charge in [0.15, 0.2) is 0 Å². The average molecular weight is 208 g/mol. The van der Waals surface area contributed by atoms with E-state index in [1.165, 1.54) is 6.66 Å². The Morgan fingerprint density at radius 1 is 1.31 bits per heavy atom. The molecule has 80 valence electrons. The van der Waals surface area contributed by atoms with E-state index in [9.17, 15) is 4.57 Å². The molecule has 0 aromatic heterocycles. The topological polar surface area (TPSA) is 35.5 Å². The molecule has 0 aromatic carbocycles. The van der Waals surface area contributed by atoms with Crippen molar-refractivity contribution in [3.63, 3.8) is 0 Å². The highest BCUT2D eigenvalue weighted by molar-refractivity contribution is 7.52. The summed E-state index contributed by atoms with van der Waals surface area (Å²) in [7, 11) is -2.78. The average Bonchev–Trinajstić information content (AvgIpc) is 2.02. The van der Waals surface area contributed by atoms with Crippen molar-refractivity contribution in [2.24, 2.45) is 5.92 Å². The molecule has 0 spiro atoms. The fourth-order valence-corrected chi connectivity index (χ4v) is 1.80. The van der Waals surface area contributed by atoms with Crippen LogP contribution in [0.3, 0.4) is 0 Å². The summed E-state index contributed by atoms with van der Waals surface area (Å²) < 4.78 is 21.9. The van der Waals surface area contributed by atoms with Crippen LogP contribution < -0.4 is 0 Å². The molecule has 0 bridgehead atoms. The Labute approximate surface area is 81.3 Å². The minimum absolute atomic E-state index is 0.392. The molecule has 13 heavy (non-hydrogen) atoms. The van der Waals surface area contributed by atoms with Crippen molar-refractivity contribution in [2.75, 3.05) is 19.9 Å². The first-order chi connectivity index (χ1) is 5.98. The number of hydrogen-bond acceptors (Lipinski definition) is 3. The van der Waals surface area contributed by atoms with Gasteiger partial charge in [-0.05, 0) is 12.3 Å². The number of hydrogen-bond donors (Lipinski definition) is 0. The maximum absolute atomic E-state index is 11.5. The maximum atomic E-state index is 11.5. The Hall–Kier alpha value is 0.150. The van der Waals surface area contributed by atoms with Crippen LogP contribution in [-0.4, -0.2) is 19.9 Å². The van der Waals surface area contributed by atoms with Crippen LogP contribution in [0, 0.1) is 5.92 Å². The van der Waals surface area contributed by atoms with Crippen LogP contribution in [0.15, 0.2) is 0 Å². The second-order valence-electron chi connectivity index (χ2n) is 3.65. The zero-order valence-corrected chi connectivity index (χ0v) is 9.97. The smallest absolute Gasteiger partial charge is 0.309 e. The molecule has 0 rings (SSSR count). The summed E-state index contributed by atoms with van der Waals surface area (Å²) in [6.07, 6.45) is 1.98. The summed E-state index contributed by atoms with van der Waals surface area (Å²) in [5.41, 5.74) is 0. The maximum Gasteiger partial charge on any atom is 0.327 e. The van der Waals surface area contributed by atoms with E-state index in [2.05, 4.69) is 6.92 Å². The van der Waals surface area contributed by atoms with Gasteiger partial charge in [0.2, 0.25) is 0 Å². The first kappa shape index (κ1) is 13.2. The van der Waals surface area contributed by atoms with Gasteiger partial charge in [-0.15, -0.1) is 0 Å². The molecule has 0 aliphatic carbocycles. The minimum atomic E-state index is -2.78. The standard InChI is InChI=1S/C9H21O3P/c1-5-6-7-11-13(4,10)12-8-9(2)3/h9H,5-8H2,1-4H3. The molecule has 0 aliphatic heterocycles. The molecule has 0 fully saturated rings. The lowest BCUT2D eigenvalue weighted by Gasteiger charge is -2.15. The Kier molecular flexibility index (Phi) is 6.66. The van der Waals surface area contributed by atoms with Gasteiger partial charge in [-0.25, -0.2) is 0 Å². The van der Waals surface area contributed by atoms with Crippen LogP contribution >= 0.6 is 7.60 Å². The molecule has 4 heteroatoms. The van der Waals surface area contributed by atoms with E-state index in [-0.39, 0.29) is 0 Å². The summed E-state index contributed by atoms with van der Waals surface area (Å²) in [4.78, 5) is 0. The van der Waals surface area contributed by atoms with E-state index in [4.69, 9.17) is 9.05 Å². The minimum Gasteiger partial charge on any atom is -0.309 e. The summed E-state index contributed by atoms with van der Waals surface area (Å²) in [5.74, 6) is 0.392. The largest absolute Gasteiger partial charge is 0.327 e. The molecular weight excluding hydrogens is 187 g/mol. The van der Waals surface area contributed by atoms with Gasteiger partial charge in [0, 0.05) is 6.66 Å². The van der Waals surface area contributed by atoms with Gasteiger partial charge in [0.25, 0.3) is 0 Å². The number of rotatable bonds is 7. The fraction of sp³-hybridized carbons (Fsp3) is 1.00. The Morgan fingerprint density at radius 3 is 2.38 bits per heavy atom. The molecule has 0 radical (unpaired) electrons. The molecule has 3 nitrogen and oxygen atoms in total. The Bertz CT molecular complexity index is 168. The third-order valence-electron chi connectivity index (χ3n) is 1.47. The summed E-state index contributed by atoms with van der Waals surface area (Å²) in [6, 6.07) is 0. The van der Waals surface area contributed by atoms with Gasteiger partial charge < -0.3 is 9.05 Å². The second-order valence-corrected chi connectivity index (χ2v) is 5.71. The van der Waals surface area contributed by atoms with Crippen molar-refractivity contribution in [1.82, 2.24) is 0 Å². The van der Waals surface area contributed by atoms with E-state index < -0.39 is 7.60 Å². The summed E-state index contributed by atoms with van der Waals surface area (Å²) >= 11 is 0. The lowest BCUT2D eigenvalue weighted by atomic mass is 10.2. The predicted octanol–water partition coefficient (Wildman–Crippen LogP) is 3.30. The third kappa shape index (κ3) is 8.48. The van der Waals surface area contributed by atoms with E-state index in [1.54, 1.807) is 0 Å². The van der Waals surface area contributed by atoms with Crippen molar-refractivity contribution >= 4 is 7.60 Å². The zero-order valence-electron chi connectivity index (χ0n) is 9.08. The molecular formula is C9H21O3P. The molecule has 1 unspecified atom stereocenters. The van der Waals surface area contributed by atoms with Crippen molar-refractivity contribution in [1.29, 1.82) is 0 Å². The molecule has 0 aromatic rings. The van der Waals surface area contributed by atoms with Gasteiger partial charge in [-0.1, -0.05) is 27.2 Å². The van der Waals surface area contributed by atoms with Gasteiger partial charge in [-0.3, -0.25) is 4.57 Å². The lowest BCUT2D eigenvalue weighted by Crippen LogP contribution is -2.02. The molecule has 0 aliphatic rings. The highest BCUT2D eigenvalue weighted by Crippen LogP contribution is 2.44. The van der Waals surface area contributed by atoms with Crippen LogP contribution in [0.1, 0.15) is 33.6 Å². The highest BCUT2D eigenvalue weighted by atomic mass is 31.2. The molecule has 0 saturated heterocycles. The number of unbranched alkanes of at least 4 members (excludes halogenated alkanes) is 1. The fourth-order valence-electron chi connectivity index (χ4n) is 0.696. The molecule has 0 N–H and O–H groups in total.